The highest BCUT2D eigenvalue weighted by molar-refractivity contribution is 7.17. The number of likely N-dealkylation sites (N-methyl/N-ethyl adjacent to an activating group) is 1. The van der Waals surface area contributed by atoms with Gasteiger partial charge in [0.1, 0.15) is 0 Å². The number of ether oxygens (including phenoxy) is 1. The molecule has 18 heavy (non-hydrogen) atoms. The molecule has 8 heteroatoms. The van der Waals surface area contributed by atoms with E-state index in [1.807, 2.05) is 6.92 Å². The number of carbonyl (C=O) groups is 1. The third kappa shape index (κ3) is 4.21. The predicted molar refractivity (Wildman–Crippen MR) is 68.9 cm³/mol. The normalized spacial score (nSPS) is 12.2. The lowest BCUT2D eigenvalue weighted by atomic mass is 10.3. The van der Waals surface area contributed by atoms with Gasteiger partial charge in [0.2, 0.25) is 10.1 Å². The van der Waals surface area contributed by atoms with Crippen molar-refractivity contribution in [2.24, 2.45) is 0 Å². The molecule has 0 aliphatic heterocycles. The molecule has 0 spiro atoms. The van der Waals surface area contributed by atoms with E-state index in [9.17, 15) is 9.90 Å². The van der Waals surface area contributed by atoms with Gasteiger partial charge < -0.3 is 20.1 Å². The largest absolute Gasteiger partial charge is 0.389 e. The zero-order valence-electron chi connectivity index (χ0n) is 10.7. The van der Waals surface area contributed by atoms with E-state index in [4.69, 9.17) is 4.74 Å². The lowest BCUT2D eigenvalue weighted by Crippen LogP contribution is -2.36. The molecule has 7 nitrogen and oxygen atoms in total. The van der Waals surface area contributed by atoms with E-state index in [-0.39, 0.29) is 19.1 Å². The summed E-state index contributed by atoms with van der Waals surface area (Å²) in [6.45, 7) is 3.06. The van der Waals surface area contributed by atoms with E-state index in [1.165, 1.54) is 23.3 Å². The first-order valence-corrected chi connectivity index (χ1v) is 6.40. The third-order valence-electron chi connectivity index (χ3n) is 2.13. The highest BCUT2D eigenvalue weighted by atomic mass is 32.1. The summed E-state index contributed by atoms with van der Waals surface area (Å²) in [4.78, 5) is 13.4. The van der Waals surface area contributed by atoms with Crippen LogP contribution in [0.3, 0.4) is 0 Å². The fourth-order valence-electron chi connectivity index (χ4n) is 1.34. The lowest BCUT2D eigenvalue weighted by molar-refractivity contribution is 0.0380. The number of aliphatic hydroxyl groups excluding tert-OH is 1. The first-order chi connectivity index (χ1) is 8.58. The maximum Gasteiger partial charge on any atom is 0.284 e. The maximum absolute atomic E-state index is 12.0. The molecule has 0 fully saturated rings. The second kappa shape index (κ2) is 7.24. The number of nitrogens with zero attached hydrogens (tertiary/aromatic N) is 3. The fourth-order valence-corrected chi connectivity index (χ4v) is 2.15. The molecule has 102 valence electrons. The molecule has 1 heterocycles. The van der Waals surface area contributed by atoms with Gasteiger partial charge in [0.05, 0.1) is 12.7 Å². The average molecular weight is 274 g/mol. The Bertz CT molecular complexity index is 385. The van der Waals surface area contributed by atoms with Crippen LogP contribution in [0.1, 0.15) is 16.7 Å². The van der Waals surface area contributed by atoms with Crippen LogP contribution in [0.15, 0.2) is 0 Å². The number of hydrogen-bond donors (Lipinski definition) is 2. The van der Waals surface area contributed by atoms with Crippen molar-refractivity contribution in [1.29, 1.82) is 0 Å². The van der Waals surface area contributed by atoms with E-state index >= 15 is 0 Å². The topological polar surface area (TPSA) is 87.6 Å². The molecular formula is C10H18N4O3S. The zero-order chi connectivity index (χ0) is 13.5. The number of aliphatic hydroxyl groups is 1. The molecule has 0 bridgehead atoms. The van der Waals surface area contributed by atoms with Crippen molar-refractivity contribution in [3.63, 3.8) is 0 Å². The van der Waals surface area contributed by atoms with E-state index < -0.39 is 6.10 Å². The van der Waals surface area contributed by atoms with Gasteiger partial charge in [0.15, 0.2) is 0 Å². The first-order valence-electron chi connectivity index (χ1n) is 5.58. The van der Waals surface area contributed by atoms with Crippen molar-refractivity contribution in [3.05, 3.63) is 5.01 Å². The molecule has 1 amide bonds. The second-order valence-corrected chi connectivity index (χ2v) is 4.72. The van der Waals surface area contributed by atoms with Crippen molar-refractivity contribution in [2.45, 2.75) is 13.0 Å². The van der Waals surface area contributed by atoms with Crippen molar-refractivity contribution in [3.8, 4) is 0 Å². The summed E-state index contributed by atoms with van der Waals surface area (Å²) < 4.78 is 4.80. The van der Waals surface area contributed by atoms with Crippen LogP contribution in [-0.2, 0) is 4.74 Å². The van der Waals surface area contributed by atoms with Gasteiger partial charge in [-0.3, -0.25) is 4.79 Å². The smallest absolute Gasteiger partial charge is 0.284 e. The summed E-state index contributed by atoms with van der Waals surface area (Å²) in [5, 5.41) is 21.1. The van der Waals surface area contributed by atoms with Crippen LogP contribution in [0.2, 0.25) is 0 Å². The number of hydrogen-bond acceptors (Lipinski definition) is 7. The van der Waals surface area contributed by atoms with Crippen LogP contribution in [0.4, 0.5) is 5.13 Å². The molecule has 1 atom stereocenters. The van der Waals surface area contributed by atoms with Crippen molar-refractivity contribution < 1.29 is 14.6 Å². The molecule has 2 N–H and O–H groups in total. The van der Waals surface area contributed by atoms with Crippen molar-refractivity contribution in [2.75, 3.05) is 39.2 Å². The Hall–Kier alpha value is -1.25. The molecule has 1 aromatic rings. The summed E-state index contributed by atoms with van der Waals surface area (Å²) >= 11 is 1.20. The summed E-state index contributed by atoms with van der Waals surface area (Å²) in [5.74, 6) is -0.258. The van der Waals surface area contributed by atoms with Gasteiger partial charge in [-0.15, -0.1) is 10.2 Å². The van der Waals surface area contributed by atoms with Gasteiger partial charge >= 0.3 is 0 Å². The van der Waals surface area contributed by atoms with Crippen LogP contribution in [0, 0.1) is 0 Å². The first kappa shape index (κ1) is 14.8. The number of nitrogens with one attached hydrogen (secondary N) is 1. The van der Waals surface area contributed by atoms with Crippen LogP contribution in [0.25, 0.3) is 0 Å². The van der Waals surface area contributed by atoms with Gasteiger partial charge in [0.25, 0.3) is 5.91 Å². The third-order valence-corrected chi connectivity index (χ3v) is 3.00. The van der Waals surface area contributed by atoms with Gasteiger partial charge in [0, 0.05) is 27.2 Å². The average Bonchev–Trinajstić information content (AvgIpc) is 2.77. The fraction of sp³-hybridized carbons (Fsp3) is 0.700. The predicted octanol–water partition coefficient (Wildman–Crippen LogP) is 0.0492. The minimum absolute atomic E-state index is 0.191. The molecule has 0 saturated heterocycles. The Morgan fingerprint density at radius 2 is 2.33 bits per heavy atom. The quantitative estimate of drug-likeness (QED) is 0.730. The summed E-state index contributed by atoms with van der Waals surface area (Å²) in [5.41, 5.74) is 0. The van der Waals surface area contributed by atoms with Crippen LogP contribution in [0.5, 0.6) is 0 Å². The number of carbonyl (C=O) groups excluding carboxylic acids is 1. The summed E-state index contributed by atoms with van der Waals surface area (Å²) in [6, 6.07) is 0. The molecule has 0 saturated carbocycles. The van der Waals surface area contributed by atoms with Crippen LogP contribution >= 0.6 is 11.3 Å². The Balaban J connectivity index is 2.56. The van der Waals surface area contributed by atoms with Gasteiger partial charge in [-0.05, 0) is 6.92 Å². The summed E-state index contributed by atoms with van der Waals surface area (Å²) in [6.07, 6.45) is -0.704. The molecule has 0 aliphatic rings. The highest BCUT2D eigenvalue weighted by Crippen LogP contribution is 2.16. The standard InChI is InChI=1S/C10H18N4O3S/c1-4-11-10-13-12-8(18-10)9(16)14(2)5-7(15)6-17-3/h7,15H,4-6H2,1-3H3,(H,11,13). The summed E-state index contributed by atoms with van der Waals surface area (Å²) in [7, 11) is 3.11. The SMILES string of the molecule is CCNc1nnc(C(=O)N(C)CC(O)COC)s1. The van der Waals surface area contributed by atoms with Crippen molar-refractivity contribution in [1.82, 2.24) is 15.1 Å². The van der Waals surface area contributed by atoms with Crippen LogP contribution < -0.4 is 5.32 Å². The number of aromatic nitrogens is 2. The minimum atomic E-state index is -0.704. The van der Waals surface area contributed by atoms with E-state index in [2.05, 4.69) is 15.5 Å². The highest BCUT2D eigenvalue weighted by Gasteiger charge is 2.19. The minimum Gasteiger partial charge on any atom is -0.389 e. The van der Waals surface area contributed by atoms with E-state index in [0.717, 1.165) is 6.54 Å². The Kier molecular flexibility index (Phi) is 5.96. The van der Waals surface area contributed by atoms with E-state index in [0.29, 0.717) is 10.1 Å². The van der Waals surface area contributed by atoms with E-state index in [1.54, 1.807) is 7.05 Å². The van der Waals surface area contributed by atoms with Crippen LogP contribution in [-0.4, -0.2) is 66.1 Å². The van der Waals surface area contributed by atoms with Gasteiger partial charge in [-0.1, -0.05) is 11.3 Å². The molecular weight excluding hydrogens is 256 g/mol. The van der Waals surface area contributed by atoms with Gasteiger partial charge in [-0.25, -0.2) is 0 Å². The maximum atomic E-state index is 12.0. The van der Waals surface area contributed by atoms with Gasteiger partial charge in [-0.2, -0.15) is 0 Å². The number of rotatable bonds is 7. The second-order valence-electron chi connectivity index (χ2n) is 3.74. The molecule has 0 aromatic carbocycles. The monoisotopic (exact) mass is 274 g/mol. The number of anilines is 1. The number of methoxy groups -OCH3 is 1. The molecule has 1 aromatic heterocycles. The Morgan fingerprint density at radius 1 is 1.61 bits per heavy atom. The number of amides is 1. The molecule has 1 unspecified atom stereocenters. The van der Waals surface area contributed by atoms with Crippen molar-refractivity contribution >= 4 is 22.4 Å². The Labute approximate surface area is 110 Å². The zero-order valence-corrected chi connectivity index (χ0v) is 11.5. The molecule has 0 radical (unpaired) electrons. The lowest BCUT2D eigenvalue weighted by Gasteiger charge is -2.18. The molecule has 1 rings (SSSR count). The Morgan fingerprint density at radius 3 is 2.94 bits per heavy atom. The molecule has 0 aliphatic carbocycles.